The predicted octanol–water partition coefficient (Wildman–Crippen LogP) is 2.88. The first kappa shape index (κ1) is 19.9. The van der Waals surface area contributed by atoms with E-state index in [1.807, 2.05) is 43.3 Å². The lowest BCUT2D eigenvalue weighted by atomic mass is 10.2. The van der Waals surface area contributed by atoms with Crippen molar-refractivity contribution in [2.24, 2.45) is 0 Å². The summed E-state index contributed by atoms with van der Waals surface area (Å²) in [5, 5.41) is 0.638. The van der Waals surface area contributed by atoms with E-state index >= 15 is 0 Å². The number of ether oxygens (including phenoxy) is 1. The fourth-order valence-corrected chi connectivity index (χ4v) is 2.42. The van der Waals surface area contributed by atoms with Crippen molar-refractivity contribution in [2.75, 3.05) is 39.3 Å². The molecule has 0 bridgehead atoms. The topological polar surface area (TPSA) is 58.6 Å². The van der Waals surface area contributed by atoms with E-state index in [9.17, 15) is 4.79 Å². The number of anilines is 1. The Hall–Kier alpha value is -2.44. The average Bonchev–Trinajstić information content (AvgIpc) is 2.65. The van der Waals surface area contributed by atoms with Crippen LogP contribution in [0, 0.1) is 0 Å². The van der Waals surface area contributed by atoms with E-state index in [2.05, 4.69) is 9.97 Å². The third kappa shape index (κ3) is 5.82. The van der Waals surface area contributed by atoms with Gasteiger partial charge in [0.25, 0.3) is 0 Å². The molecule has 1 aromatic heterocycles. The fourth-order valence-electron chi connectivity index (χ4n) is 2.22. The normalized spacial score (nSPS) is 10.9. The Morgan fingerprint density at radius 2 is 1.92 bits per heavy atom. The van der Waals surface area contributed by atoms with Crippen LogP contribution in [0.2, 0.25) is 5.02 Å². The number of methoxy groups -OCH3 is 1. The molecule has 138 valence electrons. The number of carbonyl (C=O) groups is 1. The van der Waals surface area contributed by atoms with Gasteiger partial charge in [-0.15, -0.1) is 0 Å². The second kappa shape index (κ2) is 9.89. The van der Waals surface area contributed by atoms with E-state index in [1.165, 1.54) is 6.08 Å². The minimum absolute atomic E-state index is 0.126. The summed E-state index contributed by atoms with van der Waals surface area (Å²) in [5.74, 6) is 0.493. The highest BCUT2D eigenvalue weighted by Gasteiger charge is 2.13. The maximum atomic E-state index is 12.6. The van der Waals surface area contributed by atoms with Crippen LogP contribution in [0.5, 0.6) is 0 Å². The van der Waals surface area contributed by atoms with Crippen molar-refractivity contribution in [3.8, 4) is 0 Å². The number of aromatic nitrogens is 2. The van der Waals surface area contributed by atoms with Crippen molar-refractivity contribution in [1.29, 1.82) is 0 Å². The minimum atomic E-state index is -0.126. The molecule has 0 unspecified atom stereocenters. The van der Waals surface area contributed by atoms with Crippen LogP contribution in [-0.2, 0) is 16.1 Å². The van der Waals surface area contributed by atoms with Crippen LogP contribution in [0.15, 0.2) is 42.7 Å². The zero-order chi connectivity index (χ0) is 18.9. The van der Waals surface area contributed by atoms with Crippen LogP contribution >= 0.6 is 11.6 Å². The Morgan fingerprint density at radius 3 is 2.54 bits per heavy atom. The van der Waals surface area contributed by atoms with Crippen LogP contribution in [0.3, 0.4) is 0 Å². The predicted molar refractivity (Wildman–Crippen MR) is 104 cm³/mol. The van der Waals surface area contributed by atoms with Gasteiger partial charge in [-0.2, -0.15) is 0 Å². The second-order valence-corrected chi connectivity index (χ2v) is 6.30. The summed E-state index contributed by atoms with van der Waals surface area (Å²) in [4.78, 5) is 24.6. The average molecular weight is 375 g/mol. The van der Waals surface area contributed by atoms with E-state index < -0.39 is 0 Å². The first-order valence-corrected chi connectivity index (χ1v) is 8.57. The zero-order valence-corrected chi connectivity index (χ0v) is 16.0. The van der Waals surface area contributed by atoms with Gasteiger partial charge >= 0.3 is 0 Å². The number of rotatable bonds is 8. The van der Waals surface area contributed by atoms with Crippen LogP contribution in [0.4, 0.5) is 5.95 Å². The molecule has 2 aromatic rings. The lowest BCUT2D eigenvalue weighted by molar-refractivity contribution is -0.127. The molecule has 2 rings (SSSR count). The molecule has 0 fully saturated rings. The van der Waals surface area contributed by atoms with E-state index in [-0.39, 0.29) is 5.91 Å². The summed E-state index contributed by atoms with van der Waals surface area (Å²) < 4.78 is 5.11. The van der Waals surface area contributed by atoms with Gasteiger partial charge in [-0.3, -0.25) is 4.79 Å². The smallest absolute Gasteiger partial charge is 0.246 e. The van der Waals surface area contributed by atoms with Gasteiger partial charge < -0.3 is 14.5 Å². The van der Waals surface area contributed by atoms with Crippen LogP contribution in [0.1, 0.15) is 11.1 Å². The molecule has 1 amide bonds. The van der Waals surface area contributed by atoms with Gasteiger partial charge in [-0.05, 0) is 17.7 Å². The lowest BCUT2D eigenvalue weighted by Gasteiger charge is -2.21. The van der Waals surface area contributed by atoms with Crippen LogP contribution in [0.25, 0.3) is 6.08 Å². The van der Waals surface area contributed by atoms with Gasteiger partial charge in [-0.1, -0.05) is 29.8 Å². The van der Waals surface area contributed by atoms with Gasteiger partial charge in [0.15, 0.2) is 0 Å². The second-order valence-electron chi connectivity index (χ2n) is 5.89. The maximum Gasteiger partial charge on any atom is 0.246 e. The number of hydrogen-bond donors (Lipinski definition) is 0. The van der Waals surface area contributed by atoms with Gasteiger partial charge in [0.1, 0.15) is 0 Å². The molecule has 0 saturated carbocycles. The molecule has 7 heteroatoms. The van der Waals surface area contributed by atoms with Crippen molar-refractivity contribution < 1.29 is 9.53 Å². The monoisotopic (exact) mass is 374 g/mol. The summed E-state index contributed by atoms with van der Waals surface area (Å²) in [5.41, 5.74) is 1.65. The van der Waals surface area contributed by atoms with E-state index in [0.717, 1.165) is 11.1 Å². The van der Waals surface area contributed by atoms with Crippen molar-refractivity contribution in [3.05, 3.63) is 58.9 Å². The van der Waals surface area contributed by atoms with Crippen molar-refractivity contribution in [2.45, 2.75) is 6.54 Å². The first-order chi connectivity index (χ1) is 12.5. The summed E-state index contributed by atoms with van der Waals surface area (Å²) in [7, 11) is 5.35. The standard InChI is InChI=1S/C19H23ClN4O2/c1-23(2)19-21-12-15(13-22-19)8-9-18(25)24(10-11-26-3)14-16-6-4-5-7-17(16)20/h4-9,12-13H,10-11,14H2,1-3H3. The molecule has 0 radical (unpaired) electrons. The largest absolute Gasteiger partial charge is 0.383 e. The number of nitrogens with zero attached hydrogens (tertiary/aromatic N) is 4. The molecule has 0 atom stereocenters. The molecular weight excluding hydrogens is 352 g/mol. The molecule has 26 heavy (non-hydrogen) atoms. The molecule has 0 aliphatic carbocycles. The summed E-state index contributed by atoms with van der Waals surface area (Å²) in [6.45, 7) is 1.34. The Labute approximate surface area is 159 Å². The Kier molecular flexibility index (Phi) is 7.56. The van der Waals surface area contributed by atoms with Gasteiger partial charge in [-0.25, -0.2) is 9.97 Å². The van der Waals surface area contributed by atoms with Crippen LogP contribution in [-0.4, -0.2) is 55.1 Å². The van der Waals surface area contributed by atoms with Crippen molar-refractivity contribution in [3.63, 3.8) is 0 Å². The Bertz CT molecular complexity index is 747. The summed E-state index contributed by atoms with van der Waals surface area (Å²) in [6.07, 6.45) is 6.58. The third-order valence-corrected chi connectivity index (χ3v) is 4.04. The zero-order valence-electron chi connectivity index (χ0n) is 15.2. The number of benzene rings is 1. The molecule has 0 aliphatic heterocycles. The summed E-state index contributed by atoms with van der Waals surface area (Å²) in [6, 6.07) is 7.49. The fraction of sp³-hybridized carbons (Fsp3) is 0.316. The van der Waals surface area contributed by atoms with E-state index in [1.54, 1.807) is 30.5 Å². The quantitative estimate of drug-likeness (QED) is 0.665. The molecule has 0 spiro atoms. The highest BCUT2D eigenvalue weighted by molar-refractivity contribution is 6.31. The molecule has 0 saturated heterocycles. The molecule has 6 nitrogen and oxygen atoms in total. The van der Waals surface area contributed by atoms with E-state index in [4.69, 9.17) is 16.3 Å². The number of hydrogen-bond acceptors (Lipinski definition) is 5. The van der Waals surface area contributed by atoms with Crippen molar-refractivity contribution >= 4 is 29.5 Å². The SMILES string of the molecule is COCCN(Cc1ccccc1Cl)C(=O)C=Cc1cnc(N(C)C)nc1. The number of amides is 1. The number of halogens is 1. The first-order valence-electron chi connectivity index (χ1n) is 8.20. The summed E-state index contributed by atoms with van der Waals surface area (Å²) >= 11 is 6.21. The van der Waals surface area contributed by atoms with E-state index in [0.29, 0.717) is 30.7 Å². The van der Waals surface area contributed by atoms with Gasteiger partial charge in [0.05, 0.1) is 6.61 Å². The Morgan fingerprint density at radius 1 is 1.23 bits per heavy atom. The molecular formula is C19H23ClN4O2. The molecule has 1 heterocycles. The van der Waals surface area contributed by atoms with Crippen LogP contribution < -0.4 is 4.90 Å². The lowest BCUT2D eigenvalue weighted by Crippen LogP contribution is -2.32. The maximum absolute atomic E-state index is 12.6. The third-order valence-electron chi connectivity index (χ3n) is 3.67. The molecule has 0 aliphatic rings. The Balaban J connectivity index is 2.09. The molecule has 0 N–H and O–H groups in total. The van der Waals surface area contributed by atoms with Crippen molar-refractivity contribution in [1.82, 2.24) is 14.9 Å². The number of carbonyl (C=O) groups excluding carboxylic acids is 1. The highest BCUT2D eigenvalue weighted by atomic mass is 35.5. The van der Waals surface area contributed by atoms with Gasteiger partial charge in [0, 0.05) is 63.4 Å². The molecule has 1 aromatic carbocycles. The minimum Gasteiger partial charge on any atom is -0.383 e. The highest BCUT2D eigenvalue weighted by Crippen LogP contribution is 2.17. The van der Waals surface area contributed by atoms with Gasteiger partial charge in [0.2, 0.25) is 11.9 Å².